The number of primary amides is 1. The van der Waals surface area contributed by atoms with Gasteiger partial charge >= 0.3 is 6.03 Å². The molecule has 0 atom stereocenters. The maximum atomic E-state index is 12.9. The minimum Gasteiger partial charge on any atom is -0.351 e. The van der Waals surface area contributed by atoms with E-state index >= 15 is 0 Å². The summed E-state index contributed by atoms with van der Waals surface area (Å²) in [5, 5.41) is 3.60. The lowest BCUT2D eigenvalue weighted by Crippen LogP contribution is -2.36. The van der Waals surface area contributed by atoms with E-state index in [-0.39, 0.29) is 5.91 Å². The molecule has 0 bridgehead atoms. The molecule has 8 heteroatoms. The van der Waals surface area contributed by atoms with E-state index in [4.69, 9.17) is 5.73 Å². The summed E-state index contributed by atoms with van der Waals surface area (Å²) >= 11 is 1.45. The standard InChI is InChI=1S/C24H27N5O2S/c1-4-10-29(24(25)31)21-14-18(7-9-26-21)15-32-23-20(6-5-8-27-23)22(30)28-19-12-16(2)11-17(3)13-19/h5-9,11-14H,4,10,15H2,1-3H3,(H2,25,31)(H,28,30). The summed E-state index contributed by atoms with van der Waals surface area (Å²) in [5.74, 6) is 0.880. The van der Waals surface area contributed by atoms with Crippen molar-refractivity contribution >= 4 is 35.2 Å². The number of carbonyl (C=O) groups is 2. The summed E-state index contributed by atoms with van der Waals surface area (Å²) in [6.07, 6.45) is 4.10. The topological polar surface area (TPSA) is 101 Å². The molecule has 0 fully saturated rings. The number of rotatable bonds is 8. The number of anilines is 2. The zero-order valence-corrected chi connectivity index (χ0v) is 19.3. The van der Waals surface area contributed by atoms with Crippen LogP contribution in [-0.2, 0) is 5.75 Å². The average Bonchev–Trinajstić information content (AvgIpc) is 2.75. The Morgan fingerprint density at radius 2 is 1.81 bits per heavy atom. The minimum absolute atomic E-state index is 0.205. The second kappa shape index (κ2) is 10.8. The Kier molecular flexibility index (Phi) is 7.83. The quantitative estimate of drug-likeness (QED) is 0.475. The molecule has 0 spiro atoms. The average molecular weight is 450 g/mol. The van der Waals surface area contributed by atoms with Crippen LogP contribution in [0.25, 0.3) is 0 Å². The van der Waals surface area contributed by atoms with E-state index in [0.717, 1.165) is 28.8 Å². The predicted octanol–water partition coefficient (Wildman–Crippen LogP) is 4.93. The number of nitrogens with one attached hydrogen (secondary N) is 1. The number of hydrogen-bond donors (Lipinski definition) is 2. The fraction of sp³-hybridized carbons (Fsp3) is 0.250. The van der Waals surface area contributed by atoms with Crippen LogP contribution in [0.1, 0.15) is 40.4 Å². The highest BCUT2D eigenvalue weighted by atomic mass is 32.2. The van der Waals surface area contributed by atoms with Gasteiger partial charge < -0.3 is 11.1 Å². The summed E-state index contributed by atoms with van der Waals surface area (Å²) in [7, 11) is 0. The Balaban J connectivity index is 1.75. The molecule has 1 aromatic carbocycles. The molecule has 0 aliphatic carbocycles. The van der Waals surface area contributed by atoms with Crippen LogP contribution in [0.5, 0.6) is 0 Å². The number of nitrogens with zero attached hydrogens (tertiary/aromatic N) is 3. The molecule has 166 valence electrons. The van der Waals surface area contributed by atoms with Gasteiger partial charge in [0.1, 0.15) is 10.8 Å². The lowest BCUT2D eigenvalue weighted by molar-refractivity contribution is 0.102. The van der Waals surface area contributed by atoms with Gasteiger partial charge in [0.15, 0.2) is 0 Å². The molecule has 2 heterocycles. The number of nitrogens with two attached hydrogens (primary N) is 1. The number of carbonyl (C=O) groups excluding carboxylic acids is 2. The molecule has 0 saturated heterocycles. The van der Waals surface area contributed by atoms with Crippen molar-refractivity contribution in [1.29, 1.82) is 0 Å². The smallest absolute Gasteiger partial charge is 0.320 e. The zero-order valence-electron chi connectivity index (χ0n) is 18.5. The van der Waals surface area contributed by atoms with Gasteiger partial charge in [-0.2, -0.15) is 0 Å². The van der Waals surface area contributed by atoms with Crippen molar-refractivity contribution in [2.45, 2.75) is 38.0 Å². The molecular weight excluding hydrogens is 422 g/mol. The summed E-state index contributed by atoms with van der Waals surface area (Å²) in [4.78, 5) is 34.8. The van der Waals surface area contributed by atoms with Crippen LogP contribution < -0.4 is 16.0 Å². The number of thioether (sulfide) groups is 1. The third kappa shape index (κ3) is 6.07. The van der Waals surface area contributed by atoms with Gasteiger partial charge in [-0.05, 0) is 73.4 Å². The molecule has 0 aliphatic rings. The van der Waals surface area contributed by atoms with E-state index < -0.39 is 6.03 Å². The predicted molar refractivity (Wildman–Crippen MR) is 129 cm³/mol. The fourth-order valence-electron chi connectivity index (χ4n) is 3.33. The number of pyridine rings is 2. The van der Waals surface area contributed by atoms with Crippen LogP contribution >= 0.6 is 11.8 Å². The van der Waals surface area contributed by atoms with Crippen molar-refractivity contribution in [1.82, 2.24) is 9.97 Å². The normalized spacial score (nSPS) is 10.6. The minimum atomic E-state index is -0.528. The molecule has 0 aliphatic heterocycles. The molecule has 0 unspecified atom stereocenters. The van der Waals surface area contributed by atoms with Crippen molar-refractivity contribution in [3.8, 4) is 0 Å². The van der Waals surface area contributed by atoms with E-state index in [2.05, 4.69) is 21.4 Å². The molecular formula is C24H27N5O2S. The highest BCUT2D eigenvalue weighted by molar-refractivity contribution is 7.98. The highest BCUT2D eigenvalue weighted by Gasteiger charge is 2.15. The van der Waals surface area contributed by atoms with E-state index in [9.17, 15) is 9.59 Å². The number of aromatic nitrogens is 2. The maximum Gasteiger partial charge on any atom is 0.320 e. The van der Waals surface area contributed by atoms with Crippen molar-refractivity contribution in [2.75, 3.05) is 16.8 Å². The van der Waals surface area contributed by atoms with Crippen molar-refractivity contribution in [3.63, 3.8) is 0 Å². The van der Waals surface area contributed by atoms with Gasteiger partial charge in [0.25, 0.3) is 5.91 Å². The van der Waals surface area contributed by atoms with Crippen molar-refractivity contribution in [3.05, 3.63) is 77.1 Å². The molecule has 7 nitrogen and oxygen atoms in total. The van der Waals surface area contributed by atoms with Crippen LogP contribution in [0.15, 0.2) is 59.9 Å². The van der Waals surface area contributed by atoms with Gasteiger partial charge in [0.05, 0.1) is 5.56 Å². The highest BCUT2D eigenvalue weighted by Crippen LogP contribution is 2.26. The van der Waals surface area contributed by atoms with Gasteiger partial charge in [-0.15, -0.1) is 11.8 Å². The Hall–Kier alpha value is -3.39. The monoisotopic (exact) mass is 449 g/mol. The first-order chi connectivity index (χ1) is 15.4. The fourth-order valence-corrected chi connectivity index (χ4v) is 4.27. The summed E-state index contributed by atoms with van der Waals surface area (Å²) in [6, 6.07) is 12.6. The molecule has 0 radical (unpaired) electrons. The SMILES string of the molecule is CCCN(C(N)=O)c1cc(CSc2ncccc2C(=O)Nc2cc(C)cc(C)c2)ccn1. The Labute approximate surface area is 192 Å². The molecule has 3 amide bonds. The lowest BCUT2D eigenvalue weighted by atomic mass is 10.1. The van der Waals surface area contributed by atoms with Crippen LogP contribution in [0.2, 0.25) is 0 Å². The number of benzene rings is 1. The van der Waals surface area contributed by atoms with Gasteiger partial charge in [-0.1, -0.05) is 13.0 Å². The number of hydrogen-bond acceptors (Lipinski definition) is 5. The van der Waals surface area contributed by atoms with E-state index in [1.54, 1.807) is 24.5 Å². The Morgan fingerprint density at radius 1 is 1.06 bits per heavy atom. The van der Waals surface area contributed by atoms with Gasteiger partial charge in [-0.25, -0.2) is 14.8 Å². The Morgan fingerprint density at radius 3 is 2.50 bits per heavy atom. The summed E-state index contributed by atoms with van der Waals surface area (Å²) in [6.45, 7) is 6.47. The van der Waals surface area contributed by atoms with Crippen molar-refractivity contribution < 1.29 is 9.59 Å². The van der Waals surface area contributed by atoms with Crippen LogP contribution in [-0.4, -0.2) is 28.5 Å². The largest absolute Gasteiger partial charge is 0.351 e. The molecule has 32 heavy (non-hydrogen) atoms. The van der Waals surface area contributed by atoms with Gasteiger partial charge in [-0.3, -0.25) is 9.69 Å². The maximum absolute atomic E-state index is 12.9. The summed E-state index contributed by atoms with van der Waals surface area (Å²) < 4.78 is 0. The second-order valence-electron chi connectivity index (χ2n) is 7.49. The van der Waals surface area contributed by atoms with Crippen LogP contribution in [0.4, 0.5) is 16.3 Å². The van der Waals surface area contributed by atoms with Gasteiger partial charge in [0, 0.05) is 30.4 Å². The molecule has 3 aromatic rings. The van der Waals surface area contributed by atoms with E-state index in [0.29, 0.717) is 28.7 Å². The first kappa shape index (κ1) is 23.3. The number of urea groups is 1. The molecule has 3 rings (SSSR count). The molecule has 3 N–H and O–H groups in total. The molecule has 2 aromatic heterocycles. The zero-order chi connectivity index (χ0) is 23.1. The number of amides is 3. The van der Waals surface area contributed by atoms with E-state index in [1.807, 2.05) is 45.0 Å². The second-order valence-corrected chi connectivity index (χ2v) is 8.45. The summed E-state index contributed by atoms with van der Waals surface area (Å²) in [5.41, 5.74) is 9.88. The first-order valence-corrected chi connectivity index (χ1v) is 11.3. The third-order valence-electron chi connectivity index (χ3n) is 4.67. The van der Waals surface area contributed by atoms with Gasteiger partial charge in [0.2, 0.25) is 0 Å². The first-order valence-electron chi connectivity index (χ1n) is 10.4. The van der Waals surface area contributed by atoms with Crippen LogP contribution in [0.3, 0.4) is 0 Å². The van der Waals surface area contributed by atoms with E-state index in [1.165, 1.54) is 16.7 Å². The third-order valence-corrected chi connectivity index (χ3v) is 5.75. The Bertz CT molecular complexity index is 1100. The number of aryl methyl sites for hydroxylation is 2. The van der Waals surface area contributed by atoms with Crippen LogP contribution in [0, 0.1) is 13.8 Å². The lowest BCUT2D eigenvalue weighted by Gasteiger charge is -2.19. The molecule has 0 saturated carbocycles. The van der Waals surface area contributed by atoms with Crippen molar-refractivity contribution in [2.24, 2.45) is 5.73 Å².